The van der Waals surface area contributed by atoms with Gasteiger partial charge in [-0.05, 0) is 19.3 Å². The van der Waals surface area contributed by atoms with Crippen LogP contribution in [0.25, 0.3) is 11.0 Å². The zero-order chi connectivity index (χ0) is 23.0. The number of aliphatic hydroxyl groups is 2. The van der Waals surface area contributed by atoms with E-state index in [9.17, 15) is 19.8 Å². The Balaban J connectivity index is 1.84. The van der Waals surface area contributed by atoms with E-state index in [-0.39, 0.29) is 34.9 Å². The molecule has 31 heavy (non-hydrogen) atoms. The van der Waals surface area contributed by atoms with E-state index in [1.54, 1.807) is 6.92 Å². The number of nitrogens with two attached hydrogens (primary N) is 3. The first-order chi connectivity index (χ1) is 14.5. The average molecular weight is 436 g/mol. The number of aliphatic hydroxyl groups excluding tert-OH is 2. The van der Waals surface area contributed by atoms with Gasteiger partial charge in [0, 0.05) is 6.20 Å². The van der Waals surface area contributed by atoms with Gasteiger partial charge in [0.15, 0.2) is 6.23 Å². The second-order valence-electron chi connectivity index (χ2n) is 8.08. The van der Waals surface area contributed by atoms with E-state index in [0.717, 1.165) is 0 Å². The van der Waals surface area contributed by atoms with Crippen LogP contribution in [0.3, 0.4) is 0 Å². The fourth-order valence-electron chi connectivity index (χ4n) is 3.64. The molecule has 0 unspecified atom stereocenters. The maximum absolute atomic E-state index is 12.1. The Bertz CT molecular complexity index is 992. The summed E-state index contributed by atoms with van der Waals surface area (Å²) in [5.74, 6) is -0.797. The lowest BCUT2D eigenvalue weighted by Gasteiger charge is -2.18. The summed E-state index contributed by atoms with van der Waals surface area (Å²) in [4.78, 5) is 32.3. The summed E-state index contributed by atoms with van der Waals surface area (Å²) in [7, 11) is 0. The molecule has 12 heteroatoms. The van der Waals surface area contributed by atoms with Crippen LogP contribution >= 0.6 is 0 Å². The van der Waals surface area contributed by atoms with Crippen molar-refractivity contribution in [2.75, 3.05) is 12.3 Å². The number of esters is 1. The van der Waals surface area contributed by atoms with Crippen LogP contribution in [0.15, 0.2) is 6.20 Å². The molecule has 2 aromatic heterocycles. The topological polar surface area (TPSA) is 202 Å². The molecule has 5 atom stereocenters. The van der Waals surface area contributed by atoms with Gasteiger partial charge >= 0.3 is 5.97 Å². The van der Waals surface area contributed by atoms with Crippen molar-refractivity contribution in [2.45, 2.75) is 57.8 Å². The minimum Gasteiger partial charge on any atom is -0.462 e. The highest BCUT2D eigenvalue weighted by Gasteiger charge is 2.45. The third-order valence-corrected chi connectivity index (χ3v) is 5.11. The van der Waals surface area contributed by atoms with Gasteiger partial charge in [-0.25, -0.2) is 9.97 Å². The molecule has 12 nitrogen and oxygen atoms in total. The summed E-state index contributed by atoms with van der Waals surface area (Å²) in [5.41, 5.74) is 17.5. The Kier molecular flexibility index (Phi) is 6.46. The lowest BCUT2D eigenvalue weighted by molar-refractivity contribution is -0.152. The van der Waals surface area contributed by atoms with E-state index < -0.39 is 42.5 Å². The Morgan fingerprint density at radius 3 is 2.58 bits per heavy atom. The molecule has 0 aromatic carbocycles. The third-order valence-electron chi connectivity index (χ3n) is 5.11. The van der Waals surface area contributed by atoms with Gasteiger partial charge in [0.1, 0.15) is 48.3 Å². The second kappa shape index (κ2) is 8.75. The number of ether oxygens (including phenoxy) is 2. The highest BCUT2D eigenvalue weighted by Crippen LogP contribution is 2.35. The van der Waals surface area contributed by atoms with Crippen LogP contribution in [0.4, 0.5) is 5.82 Å². The summed E-state index contributed by atoms with van der Waals surface area (Å²) in [6.45, 7) is 5.16. The van der Waals surface area contributed by atoms with Crippen LogP contribution in [0.5, 0.6) is 0 Å². The van der Waals surface area contributed by atoms with Crippen molar-refractivity contribution in [1.82, 2.24) is 14.5 Å². The van der Waals surface area contributed by atoms with Crippen molar-refractivity contribution in [2.24, 2.45) is 17.4 Å². The van der Waals surface area contributed by atoms with E-state index in [2.05, 4.69) is 9.97 Å². The minimum absolute atomic E-state index is 0.0485. The van der Waals surface area contributed by atoms with Crippen molar-refractivity contribution in [1.29, 1.82) is 0 Å². The van der Waals surface area contributed by atoms with Crippen LogP contribution in [0.2, 0.25) is 0 Å². The normalized spacial score (nSPS) is 24.6. The number of aromatic nitrogens is 3. The fourth-order valence-corrected chi connectivity index (χ4v) is 3.64. The van der Waals surface area contributed by atoms with E-state index in [1.807, 2.05) is 13.8 Å². The molecule has 0 spiro atoms. The zero-order valence-corrected chi connectivity index (χ0v) is 17.6. The molecule has 0 saturated carbocycles. The smallest absolute Gasteiger partial charge is 0.323 e. The first-order valence-corrected chi connectivity index (χ1v) is 9.89. The molecule has 0 aliphatic carbocycles. The number of anilines is 1. The van der Waals surface area contributed by atoms with Crippen LogP contribution < -0.4 is 17.2 Å². The molecule has 1 fully saturated rings. The summed E-state index contributed by atoms with van der Waals surface area (Å²) in [6.07, 6.45) is -3.14. The third kappa shape index (κ3) is 4.46. The van der Waals surface area contributed by atoms with Crippen molar-refractivity contribution in [3.8, 4) is 0 Å². The monoisotopic (exact) mass is 436 g/mol. The lowest BCUT2D eigenvalue weighted by atomic mass is 10.1. The summed E-state index contributed by atoms with van der Waals surface area (Å²) in [6, 6.07) is -0.798. The minimum atomic E-state index is -1.40. The van der Waals surface area contributed by atoms with E-state index in [0.29, 0.717) is 12.2 Å². The number of hydrogen-bond donors (Lipinski definition) is 5. The molecule has 1 aliphatic rings. The van der Waals surface area contributed by atoms with E-state index in [1.165, 1.54) is 10.8 Å². The molecule has 0 radical (unpaired) electrons. The molecular formula is C19H28N6O6. The van der Waals surface area contributed by atoms with Gasteiger partial charge in [-0.1, -0.05) is 13.8 Å². The van der Waals surface area contributed by atoms with Gasteiger partial charge in [-0.3, -0.25) is 9.59 Å². The number of hydrogen-bond acceptors (Lipinski definition) is 10. The number of nitrogen functional groups attached to an aromatic ring is 1. The molecule has 1 aliphatic heterocycles. The Labute approximate surface area is 178 Å². The largest absolute Gasteiger partial charge is 0.462 e. The second-order valence-corrected chi connectivity index (χ2v) is 8.08. The van der Waals surface area contributed by atoms with Crippen molar-refractivity contribution >= 4 is 28.7 Å². The number of rotatable bonds is 7. The molecule has 8 N–H and O–H groups in total. The highest BCUT2D eigenvalue weighted by atomic mass is 16.6. The number of aryl methyl sites for hydroxylation is 1. The fraction of sp³-hybridized carbons (Fsp3) is 0.579. The van der Waals surface area contributed by atoms with Crippen molar-refractivity contribution < 1.29 is 29.3 Å². The number of carbonyl (C=O) groups is 2. The number of carbonyl (C=O) groups excluding carboxylic acids is 2. The van der Waals surface area contributed by atoms with Crippen LogP contribution in [-0.4, -0.2) is 67.6 Å². The van der Waals surface area contributed by atoms with Crippen LogP contribution in [0, 0.1) is 12.8 Å². The first kappa shape index (κ1) is 22.9. The Hall–Kier alpha value is -2.80. The molecular weight excluding hydrogens is 408 g/mol. The highest BCUT2D eigenvalue weighted by molar-refractivity contribution is 6.08. The Morgan fingerprint density at radius 1 is 1.29 bits per heavy atom. The van der Waals surface area contributed by atoms with Gasteiger partial charge in [-0.15, -0.1) is 0 Å². The van der Waals surface area contributed by atoms with E-state index >= 15 is 0 Å². The lowest BCUT2D eigenvalue weighted by Crippen LogP contribution is -2.38. The van der Waals surface area contributed by atoms with Gasteiger partial charge in [0.2, 0.25) is 0 Å². The summed E-state index contributed by atoms with van der Waals surface area (Å²) < 4.78 is 12.3. The number of fused-ring (bicyclic) bond motifs is 1. The molecule has 0 bridgehead atoms. The number of amides is 1. The summed E-state index contributed by atoms with van der Waals surface area (Å²) >= 11 is 0. The predicted octanol–water partition coefficient (Wildman–Crippen LogP) is -1.04. The predicted molar refractivity (Wildman–Crippen MR) is 110 cm³/mol. The van der Waals surface area contributed by atoms with Crippen LogP contribution in [-0.2, 0) is 14.3 Å². The maximum Gasteiger partial charge on any atom is 0.323 e. The standard InChI is InChI=1S/C19H28N6O6/c1-7(2)4-10(20)19(29)30-6-11-13(26)14(27)18(31-11)25-5-9(16(22)28)12-15(21)23-8(3)24-17(12)25/h5,7,10-11,13-14,18,26-27H,4,6,20H2,1-3H3,(H2,22,28)(H2,21,23,24)/t10-,11+,13+,14+,18+/m0/s1. The van der Waals surface area contributed by atoms with Gasteiger partial charge in [0.05, 0.1) is 10.9 Å². The van der Waals surface area contributed by atoms with Gasteiger partial charge in [0.25, 0.3) is 5.91 Å². The quantitative estimate of drug-likeness (QED) is 0.333. The van der Waals surface area contributed by atoms with Crippen molar-refractivity contribution in [3.05, 3.63) is 17.6 Å². The number of primary amides is 1. The van der Waals surface area contributed by atoms with Gasteiger partial charge < -0.3 is 41.5 Å². The Morgan fingerprint density at radius 2 is 1.97 bits per heavy atom. The molecule has 1 amide bonds. The van der Waals surface area contributed by atoms with E-state index in [4.69, 9.17) is 26.7 Å². The molecule has 2 aromatic rings. The SMILES string of the molecule is Cc1nc(N)c2c(C(N)=O)cn([C@@H]3O[C@H](COC(=O)[C@@H](N)CC(C)C)[C@@H](O)[C@H]3O)c2n1. The maximum atomic E-state index is 12.1. The first-order valence-electron chi connectivity index (χ1n) is 9.89. The number of nitrogens with zero attached hydrogens (tertiary/aromatic N) is 3. The molecule has 1 saturated heterocycles. The van der Waals surface area contributed by atoms with Crippen molar-refractivity contribution in [3.63, 3.8) is 0 Å². The molecule has 3 heterocycles. The average Bonchev–Trinajstić information content (AvgIpc) is 3.18. The van der Waals surface area contributed by atoms with Crippen LogP contribution in [0.1, 0.15) is 42.7 Å². The zero-order valence-electron chi connectivity index (χ0n) is 17.6. The molecule has 170 valence electrons. The van der Waals surface area contributed by atoms with Gasteiger partial charge in [-0.2, -0.15) is 0 Å². The summed E-state index contributed by atoms with van der Waals surface area (Å²) in [5, 5.41) is 21.2. The molecule has 3 rings (SSSR count).